The van der Waals surface area contributed by atoms with Crippen LogP contribution >= 0.6 is 0 Å². The van der Waals surface area contributed by atoms with Gasteiger partial charge in [0.1, 0.15) is 0 Å². The van der Waals surface area contributed by atoms with Crippen molar-refractivity contribution in [2.45, 2.75) is 29.6 Å². The zero-order valence-electron chi connectivity index (χ0n) is 8.70. The predicted octanol–water partition coefficient (Wildman–Crippen LogP) is 2.52. The van der Waals surface area contributed by atoms with Gasteiger partial charge in [0.25, 0.3) is 0 Å². The first-order valence-electron chi connectivity index (χ1n) is 3.94. The van der Waals surface area contributed by atoms with E-state index in [0.29, 0.717) is 0 Å². The van der Waals surface area contributed by atoms with Crippen molar-refractivity contribution in [2.75, 3.05) is 0 Å². The highest BCUT2D eigenvalue weighted by Gasteiger charge is 2.79. The van der Waals surface area contributed by atoms with Crippen molar-refractivity contribution in [1.29, 1.82) is 0 Å². The zero-order chi connectivity index (χ0) is 17.7. The molecule has 0 aromatic carbocycles. The molecule has 0 spiro atoms. The van der Waals surface area contributed by atoms with E-state index in [1.54, 1.807) is 0 Å². The van der Waals surface area contributed by atoms with Crippen molar-refractivity contribution < 1.29 is 66.0 Å². The fourth-order valence-electron chi connectivity index (χ4n) is 0.645. The number of hydrogen-bond acceptors (Lipinski definition) is 4. The van der Waals surface area contributed by atoms with Gasteiger partial charge in [-0.25, -0.2) is 8.42 Å². The summed E-state index contributed by atoms with van der Waals surface area (Å²) in [6, 6.07) is 0. The van der Waals surface area contributed by atoms with Crippen LogP contribution in [0.25, 0.3) is 0 Å². The normalized spacial score (nSPS) is 18.5. The molecule has 0 heterocycles. The van der Waals surface area contributed by atoms with Gasteiger partial charge in [-0.1, -0.05) is 0 Å². The van der Waals surface area contributed by atoms with Gasteiger partial charge in [0, 0.05) is 0 Å². The van der Waals surface area contributed by atoms with Gasteiger partial charge in [-0.3, -0.25) is 4.74 Å². The van der Waals surface area contributed by atoms with E-state index in [1.807, 2.05) is 0 Å². The molecule has 0 aliphatic rings. The van der Waals surface area contributed by atoms with Crippen LogP contribution in [0.1, 0.15) is 0 Å². The lowest BCUT2D eigenvalue weighted by molar-refractivity contribution is -0.466. The van der Waals surface area contributed by atoms with Crippen LogP contribution in [-0.2, 0) is 14.9 Å². The van der Waals surface area contributed by atoms with E-state index in [0.717, 1.165) is 0 Å². The van der Waals surface area contributed by atoms with Crippen LogP contribution in [0.15, 0.2) is 0 Å². The van der Waals surface area contributed by atoms with Crippen molar-refractivity contribution in [2.24, 2.45) is 0 Å². The van der Waals surface area contributed by atoms with E-state index < -0.39 is 39.7 Å². The highest BCUT2D eigenvalue weighted by molar-refractivity contribution is 7.86. The number of hydrogen-bond donors (Lipinski definition) is 0. The predicted molar refractivity (Wildman–Crippen MR) is 36.6 cm³/mol. The third kappa shape index (κ3) is 3.31. The highest BCUT2D eigenvalue weighted by Crippen LogP contribution is 2.51. The molecule has 1 atom stereocenters. The Morgan fingerprint density at radius 2 is 1.05 bits per heavy atom. The molecule has 0 N–H and O–H groups in total. The molecule has 0 saturated carbocycles. The Morgan fingerprint density at radius 1 is 0.714 bits per heavy atom. The lowest BCUT2D eigenvalue weighted by Gasteiger charge is -2.35. The Morgan fingerprint density at radius 3 is 1.24 bits per heavy atom. The average molecular weight is 365 g/mol. The monoisotopic (exact) mass is 365 g/mol. The molecule has 0 fully saturated rings. The topological polar surface area (TPSA) is 66.4 Å². The Labute approximate surface area is 107 Å². The molecule has 128 valence electrons. The fraction of sp³-hybridized carbons (Fsp3) is 1.00. The molecule has 0 aromatic heterocycles. The molecule has 0 amide bonds. The standard InChI is InChI=1S/C5HF11O4S/c6-1(7,2(8,9)10)4(14,15)20-5(16,3(11,12)13)21(17,18)19/h(H,17,18,19)/p-1. The Bertz CT molecular complexity index is 490. The van der Waals surface area contributed by atoms with Crippen LogP contribution in [0.5, 0.6) is 0 Å². The van der Waals surface area contributed by atoms with Crippen molar-refractivity contribution in [1.82, 2.24) is 0 Å². The molecule has 0 radical (unpaired) electrons. The van der Waals surface area contributed by atoms with Gasteiger partial charge >= 0.3 is 29.6 Å². The summed E-state index contributed by atoms with van der Waals surface area (Å²) < 4.78 is 164. The van der Waals surface area contributed by atoms with Gasteiger partial charge in [-0.05, 0) is 0 Å². The third-order valence-corrected chi connectivity index (χ3v) is 2.60. The van der Waals surface area contributed by atoms with Gasteiger partial charge in [0.2, 0.25) is 0 Å². The molecular formula is C5F11O4S-. The number of ether oxygens (including phenoxy) is 1. The van der Waals surface area contributed by atoms with Crippen molar-refractivity contribution >= 4 is 10.1 Å². The van der Waals surface area contributed by atoms with Gasteiger partial charge < -0.3 is 4.55 Å². The maximum atomic E-state index is 12.8. The molecule has 21 heavy (non-hydrogen) atoms. The molecule has 4 nitrogen and oxygen atoms in total. The lowest BCUT2D eigenvalue weighted by Crippen LogP contribution is -2.61. The van der Waals surface area contributed by atoms with E-state index in [2.05, 4.69) is 0 Å². The SMILES string of the molecule is O=S(=O)([O-])C(F)(OC(F)(F)C(F)(F)C(F)(F)F)C(F)(F)F. The van der Waals surface area contributed by atoms with E-state index in [9.17, 15) is 61.3 Å². The Hall–Kier alpha value is -0.900. The quantitative estimate of drug-likeness (QED) is 0.567. The largest absolute Gasteiger partial charge is 0.743 e. The smallest absolute Gasteiger partial charge is 0.463 e. The molecule has 0 aliphatic carbocycles. The average Bonchev–Trinajstić information content (AvgIpc) is 2.10. The van der Waals surface area contributed by atoms with Gasteiger partial charge in [-0.2, -0.15) is 48.3 Å². The summed E-state index contributed by atoms with van der Waals surface area (Å²) in [5, 5.41) is -7.03. The highest BCUT2D eigenvalue weighted by atomic mass is 32.2. The van der Waals surface area contributed by atoms with Crippen molar-refractivity contribution in [3.63, 3.8) is 0 Å². The van der Waals surface area contributed by atoms with E-state index in [-0.39, 0.29) is 0 Å². The summed E-state index contributed by atoms with van der Waals surface area (Å²) in [6.45, 7) is 0. The van der Waals surface area contributed by atoms with Crippen LogP contribution in [0.2, 0.25) is 0 Å². The Balaban J connectivity index is 6.01. The summed E-state index contributed by atoms with van der Waals surface area (Å²) in [6.07, 6.45) is -21.8. The number of alkyl halides is 11. The summed E-state index contributed by atoms with van der Waals surface area (Å²) in [7, 11) is -7.61. The van der Waals surface area contributed by atoms with Gasteiger partial charge in [0.05, 0.1) is 0 Å². The van der Waals surface area contributed by atoms with Crippen molar-refractivity contribution in [3.05, 3.63) is 0 Å². The van der Waals surface area contributed by atoms with Crippen molar-refractivity contribution in [3.8, 4) is 0 Å². The molecular weight excluding hydrogens is 365 g/mol. The minimum atomic E-state index is -7.61. The second kappa shape index (κ2) is 4.80. The summed E-state index contributed by atoms with van der Waals surface area (Å²) in [5.74, 6) is -7.42. The van der Waals surface area contributed by atoms with E-state index in [1.165, 1.54) is 4.74 Å². The molecule has 16 heteroatoms. The summed E-state index contributed by atoms with van der Waals surface area (Å²) in [5.41, 5.74) is 0. The number of halogens is 11. The van der Waals surface area contributed by atoms with Gasteiger partial charge in [0.15, 0.2) is 10.1 Å². The molecule has 0 rings (SSSR count). The van der Waals surface area contributed by atoms with E-state index >= 15 is 0 Å². The first-order chi connectivity index (χ1) is 8.71. The Kier molecular flexibility index (Phi) is 4.60. The van der Waals surface area contributed by atoms with E-state index in [4.69, 9.17) is 0 Å². The molecule has 0 aromatic rings. The first kappa shape index (κ1) is 20.1. The zero-order valence-corrected chi connectivity index (χ0v) is 9.52. The van der Waals surface area contributed by atoms with Crippen LogP contribution in [0.4, 0.5) is 48.3 Å². The molecule has 0 aliphatic heterocycles. The molecule has 0 saturated heterocycles. The minimum absolute atomic E-state index is 1.45. The third-order valence-electron chi connectivity index (χ3n) is 1.64. The summed E-state index contributed by atoms with van der Waals surface area (Å²) >= 11 is 0. The minimum Gasteiger partial charge on any atom is -0.743 e. The maximum Gasteiger partial charge on any atom is 0.463 e. The van der Waals surface area contributed by atoms with Crippen LogP contribution < -0.4 is 0 Å². The van der Waals surface area contributed by atoms with Crippen LogP contribution in [0.3, 0.4) is 0 Å². The lowest BCUT2D eigenvalue weighted by atomic mass is 10.3. The van der Waals surface area contributed by atoms with Crippen LogP contribution in [-0.4, -0.2) is 42.5 Å². The second-order valence-electron chi connectivity index (χ2n) is 3.18. The fourth-order valence-corrected chi connectivity index (χ4v) is 1.13. The van der Waals surface area contributed by atoms with Gasteiger partial charge in [-0.15, -0.1) is 0 Å². The summed E-state index contributed by atoms with van der Waals surface area (Å²) in [4.78, 5) is 0. The number of rotatable bonds is 4. The molecule has 0 bridgehead atoms. The molecule has 1 unspecified atom stereocenters. The first-order valence-corrected chi connectivity index (χ1v) is 5.35. The van der Waals surface area contributed by atoms with Crippen LogP contribution in [0, 0.1) is 0 Å². The second-order valence-corrected chi connectivity index (χ2v) is 4.61. The maximum absolute atomic E-state index is 12.8.